The van der Waals surface area contributed by atoms with Crippen LogP contribution < -0.4 is 5.32 Å². The van der Waals surface area contributed by atoms with E-state index < -0.39 is 11.7 Å². The fourth-order valence-electron chi connectivity index (χ4n) is 3.26. The van der Waals surface area contributed by atoms with Crippen LogP contribution in [-0.2, 0) is 17.7 Å². The smallest absolute Gasteiger partial charge is 0.420 e. The van der Waals surface area contributed by atoms with Gasteiger partial charge in [0.1, 0.15) is 17.1 Å². The third-order valence-electron chi connectivity index (χ3n) is 4.71. The number of carbonyl (C=O) groups is 1. The number of benzene rings is 1. The quantitative estimate of drug-likeness (QED) is 0.435. The molecule has 4 aromatic rings. The SMILES string of the molecule is CC(C)(C)OC(=O)n1cc(Cc2ccc(NCc3ccc(Cl)cc3)nn2)c2cccnc21. The Hall–Kier alpha value is -3.45. The molecule has 0 saturated carbocycles. The molecule has 0 spiro atoms. The monoisotopic (exact) mass is 449 g/mol. The van der Waals surface area contributed by atoms with Crippen molar-refractivity contribution in [2.75, 3.05) is 5.32 Å². The normalized spacial score (nSPS) is 11.5. The topological polar surface area (TPSA) is 81.9 Å². The molecular formula is C24H24ClN5O2. The van der Waals surface area contributed by atoms with E-state index in [1.165, 1.54) is 4.57 Å². The van der Waals surface area contributed by atoms with E-state index in [-0.39, 0.29) is 0 Å². The second-order valence-electron chi connectivity index (χ2n) is 8.45. The molecule has 8 heteroatoms. The number of fused-ring (bicyclic) bond motifs is 1. The summed E-state index contributed by atoms with van der Waals surface area (Å²) in [5.74, 6) is 0.682. The lowest BCUT2D eigenvalue weighted by Gasteiger charge is -2.19. The number of anilines is 1. The molecule has 4 rings (SSSR count). The van der Waals surface area contributed by atoms with E-state index in [1.807, 2.05) is 69.3 Å². The Morgan fingerprint density at radius 2 is 1.88 bits per heavy atom. The largest absolute Gasteiger partial charge is 0.443 e. The lowest BCUT2D eigenvalue weighted by atomic mass is 10.1. The summed E-state index contributed by atoms with van der Waals surface area (Å²) in [6.07, 6.45) is 3.48. The van der Waals surface area contributed by atoms with Crippen LogP contribution in [0, 0.1) is 0 Å². The molecule has 7 nitrogen and oxygen atoms in total. The standard InChI is InChI=1S/C24H24ClN5O2/c1-24(2,3)32-23(31)30-15-17(20-5-4-12-26-22(20)30)13-19-10-11-21(29-28-19)27-14-16-6-8-18(25)9-7-16/h4-12,15H,13-14H2,1-3H3,(H,27,29). The van der Waals surface area contributed by atoms with E-state index in [2.05, 4.69) is 20.5 Å². The first-order valence-electron chi connectivity index (χ1n) is 10.3. The Morgan fingerprint density at radius 1 is 1.09 bits per heavy atom. The highest BCUT2D eigenvalue weighted by molar-refractivity contribution is 6.30. The number of nitrogens with one attached hydrogen (secondary N) is 1. The Balaban J connectivity index is 1.49. The Bertz CT molecular complexity index is 1230. The summed E-state index contributed by atoms with van der Waals surface area (Å²) in [7, 11) is 0. The molecule has 0 fully saturated rings. The first-order chi connectivity index (χ1) is 15.3. The number of rotatable bonds is 5. The van der Waals surface area contributed by atoms with Gasteiger partial charge in [0.15, 0.2) is 0 Å². The van der Waals surface area contributed by atoms with Crippen molar-refractivity contribution in [2.45, 2.75) is 39.3 Å². The van der Waals surface area contributed by atoms with Crippen molar-refractivity contribution in [1.82, 2.24) is 19.7 Å². The molecule has 3 aromatic heterocycles. The number of hydrogen-bond acceptors (Lipinski definition) is 6. The molecule has 0 bridgehead atoms. The zero-order valence-electron chi connectivity index (χ0n) is 18.2. The molecule has 1 N–H and O–H groups in total. The molecular weight excluding hydrogens is 426 g/mol. The minimum absolute atomic E-state index is 0.458. The van der Waals surface area contributed by atoms with Gasteiger partial charge in [-0.15, -0.1) is 5.10 Å². The third-order valence-corrected chi connectivity index (χ3v) is 4.97. The average molecular weight is 450 g/mol. The maximum atomic E-state index is 12.6. The van der Waals surface area contributed by atoms with E-state index in [0.29, 0.717) is 29.5 Å². The van der Waals surface area contributed by atoms with Gasteiger partial charge >= 0.3 is 6.09 Å². The number of ether oxygens (including phenoxy) is 1. The van der Waals surface area contributed by atoms with Crippen LogP contribution in [0.5, 0.6) is 0 Å². The Labute approximate surface area is 191 Å². The van der Waals surface area contributed by atoms with Crippen LogP contribution in [0.3, 0.4) is 0 Å². The number of aromatic nitrogens is 4. The van der Waals surface area contributed by atoms with Crippen molar-refractivity contribution >= 4 is 34.5 Å². The zero-order valence-corrected chi connectivity index (χ0v) is 18.9. The van der Waals surface area contributed by atoms with Crippen LogP contribution in [-0.4, -0.2) is 31.4 Å². The van der Waals surface area contributed by atoms with Gasteiger partial charge in [-0.05, 0) is 68.3 Å². The number of nitrogens with zero attached hydrogens (tertiary/aromatic N) is 4. The summed E-state index contributed by atoms with van der Waals surface area (Å²) in [5.41, 5.74) is 2.78. The fourth-order valence-corrected chi connectivity index (χ4v) is 3.38. The van der Waals surface area contributed by atoms with Gasteiger partial charge < -0.3 is 10.1 Å². The molecule has 3 heterocycles. The highest BCUT2D eigenvalue weighted by Crippen LogP contribution is 2.23. The lowest BCUT2D eigenvalue weighted by Crippen LogP contribution is -2.26. The van der Waals surface area contributed by atoms with E-state index in [1.54, 1.807) is 12.4 Å². The highest BCUT2D eigenvalue weighted by atomic mass is 35.5. The van der Waals surface area contributed by atoms with E-state index in [9.17, 15) is 4.79 Å². The van der Waals surface area contributed by atoms with Crippen LogP contribution in [0.2, 0.25) is 5.02 Å². The van der Waals surface area contributed by atoms with Crippen molar-refractivity contribution in [2.24, 2.45) is 0 Å². The second-order valence-corrected chi connectivity index (χ2v) is 8.88. The maximum absolute atomic E-state index is 12.6. The number of carbonyl (C=O) groups excluding carboxylic acids is 1. The van der Waals surface area contributed by atoms with Crippen molar-refractivity contribution < 1.29 is 9.53 Å². The summed E-state index contributed by atoms with van der Waals surface area (Å²) >= 11 is 5.92. The predicted octanol–water partition coefficient (Wildman–Crippen LogP) is 5.47. The molecule has 0 aliphatic carbocycles. The average Bonchev–Trinajstić information content (AvgIpc) is 3.12. The van der Waals surface area contributed by atoms with Crippen LogP contribution in [0.25, 0.3) is 11.0 Å². The third kappa shape index (κ3) is 5.23. The molecule has 0 unspecified atom stereocenters. The van der Waals surface area contributed by atoms with Crippen LogP contribution in [0.15, 0.2) is 60.9 Å². The van der Waals surface area contributed by atoms with Crippen molar-refractivity contribution in [3.05, 3.63) is 82.8 Å². The van der Waals surface area contributed by atoms with Crippen molar-refractivity contribution in [1.29, 1.82) is 0 Å². The van der Waals surface area contributed by atoms with Gasteiger partial charge in [-0.2, -0.15) is 5.10 Å². The molecule has 164 valence electrons. The van der Waals surface area contributed by atoms with Crippen molar-refractivity contribution in [3.8, 4) is 0 Å². The molecule has 1 aromatic carbocycles. The number of hydrogen-bond donors (Lipinski definition) is 1. The molecule has 0 atom stereocenters. The van der Waals surface area contributed by atoms with Gasteiger partial charge in [-0.25, -0.2) is 14.3 Å². The van der Waals surface area contributed by atoms with Gasteiger partial charge in [0, 0.05) is 35.8 Å². The van der Waals surface area contributed by atoms with E-state index >= 15 is 0 Å². The van der Waals surface area contributed by atoms with Crippen molar-refractivity contribution in [3.63, 3.8) is 0 Å². The summed E-state index contributed by atoms with van der Waals surface area (Å²) < 4.78 is 6.97. The van der Waals surface area contributed by atoms with E-state index in [0.717, 1.165) is 22.2 Å². The Kier molecular flexibility index (Phi) is 6.10. The molecule has 32 heavy (non-hydrogen) atoms. The van der Waals surface area contributed by atoms with Gasteiger partial charge in [0.25, 0.3) is 0 Å². The lowest BCUT2D eigenvalue weighted by molar-refractivity contribution is 0.0543. The minimum atomic E-state index is -0.594. The van der Waals surface area contributed by atoms with Gasteiger partial charge in [-0.1, -0.05) is 23.7 Å². The first-order valence-corrected chi connectivity index (χ1v) is 10.7. The fraction of sp³-hybridized carbons (Fsp3) is 0.250. The second kappa shape index (κ2) is 8.96. The summed E-state index contributed by atoms with van der Waals surface area (Å²) in [6.45, 7) is 6.13. The predicted molar refractivity (Wildman–Crippen MR) is 125 cm³/mol. The summed E-state index contributed by atoms with van der Waals surface area (Å²) in [5, 5.41) is 13.5. The van der Waals surface area contributed by atoms with Crippen LogP contribution >= 0.6 is 11.6 Å². The molecule has 0 aliphatic rings. The maximum Gasteiger partial charge on any atom is 0.420 e. The molecule has 0 aliphatic heterocycles. The molecule has 0 amide bonds. The van der Waals surface area contributed by atoms with E-state index in [4.69, 9.17) is 16.3 Å². The van der Waals surface area contributed by atoms with Crippen LogP contribution in [0.4, 0.5) is 10.6 Å². The Morgan fingerprint density at radius 3 is 2.56 bits per heavy atom. The minimum Gasteiger partial charge on any atom is -0.443 e. The molecule has 0 radical (unpaired) electrons. The van der Waals surface area contributed by atoms with Gasteiger partial charge in [0.2, 0.25) is 0 Å². The molecule has 0 saturated heterocycles. The highest BCUT2D eigenvalue weighted by Gasteiger charge is 2.21. The van der Waals surface area contributed by atoms with Gasteiger partial charge in [-0.3, -0.25) is 0 Å². The zero-order chi connectivity index (χ0) is 22.7. The number of halogens is 1. The number of pyridine rings is 1. The summed E-state index contributed by atoms with van der Waals surface area (Å²) in [6, 6.07) is 15.2. The van der Waals surface area contributed by atoms with Crippen LogP contribution in [0.1, 0.15) is 37.6 Å². The first kappa shape index (κ1) is 21.8. The summed E-state index contributed by atoms with van der Waals surface area (Å²) in [4.78, 5) is 17.0. The van der Waals surface area contributed by atoms with Gasteiger partial charge in [0.05, 0.1) is 5.69 Å².